The molecule has 3 amide bonds. The van der Waals surface area contributed by atoms with Crippen LogP contribution in [-0.2, 0) is 31.0 Å². The first-order chi connectivity index (χ1) is 17.1. The highest BCUT2D eigenvalue weighted by Crippen LogP contribution is 2.31. The van der Waals surface area contributed by atoms with Crippen LogP contribution in [-0.4, -0.2) is 36.5 Å². The first kappa shape index (κ1) is 25.7. The van der Waals surface area contributed by atoms with Crippen LogP contribution in [0, 0.1) is 6.92 Å². The van der Waals surface area contributed by atoms with Gasteiger partial charge in [-0.15, -0.1) is 0 Å². The Balaban J connectivity index is 1.70. The van der Waals surface area contributed by atoms with Crippen molar-refractivity contribution in [2.24, 2.45) is 0 Å². The molecule has 3 aromatic carbocycles. The summed E-state index contributed by atoms with van der Waals surface area (Å²) >= 11 is 3.31. The zero-order valence-electron chi connectivity index (χ0n) is 19.6. The maximum absolute atomic E-state index is 13.7. The van der Waals surface area contributed by atoms with Crippen LogP contribution >= 0.6 is 15.9 Å². The molecule has 0 aromatic heterocycles. The molecule has 0 radical (unpaired) electrons. The zero-order valence-corrected chi connectivity index (χ0v) is 22.0. The number of amides is 3. The minimum absolute atomic E-state index is 0.0242. The Morgan fingerprint density at radius 2 is 1.61 bits per heavy atom. The molecule has 10 heteroatoms. The van der Waals surface area contributed by atoms with Crippen molar-refractivity contribution in [3.05, 3.63) is 88.4 Å². The maximum Gasteiger partial charge on any atom is 0.252 e. The Bertz CT molecular complexity index is 1410. The molecule has 0 spiro atoms. The van der Waals surface area contributed by atoms with Gasteiger partial charge in [0, 0.05) is 23.6 Å². The standard InChI is InChI=1S/C26H24BrN3O5S/c1-17-3-5-19(6-4-17)16-29(36(34,35)23-13-7-20(27)8-14-23)24-15-25(32)30(26(24)33)22-11-9-21(10-12-22)28-18(2)31/h3-14,24H,15-16H2,1-2H3,(H,28,31). The second kappa shape index (κ2) is 10.3. The molecule has 4 rings (SSSR count). The van der Waals surface area contributed by atoms with Crippen LogP contribution in [0.1, 0.15) is 24.5 Å². The zero-order chi connectivity index (χ0) is 26.0. The number of halogens is 1. The molecule has 0 bridgehead atoms. The predicted molar refractivity (Wildman–Crippen MR) is 140 cm³/mol. The number of hydrogen-bond acceptors (Lipinski definition) is 5. The Hall–Kier alpha value is -3.34. The summed E-state index contributed by atoms with van der Waals surface area (Å²) < 4.78 is 29.3. The van der Waals surface area contributed by atoms with Gasteiger partial charge in [-0.05, 0) is 61.0 Å². The maximum atomic E-state index is 13.7. The number of benzene rings is 3. The van der Waals surface area contributed by atoms with Crippen molar-refractivity contribution < 1.29 is 22.8 Å². The quantitative estimate of drug-likeness (QED) is 0.428. The van der Waals surface area contributed by atoms with Gasteiger partial charge < -0.3 is 5.32 Å². The number of imide groups is 1. The lowest BCUT2D eigenvalue weighted by Gasteiger charge is -2.27. The van der Waals surface area contributed by atoms with E-state index in [4.69, 9.17) is 0 Å². The van der Waals surface area contributed by atoms with Crippen LogP contribution in [0.2, 0.25) is 0 Å². The third kappa shape index (κ3) is 5.40. The molecule has 36 heavy (non-hydrogen) atoms. The minimum atomic E-state index is -4.13. The molecule has 186 valence electrons. The van der Waals surface area contributed by atoms with Crippen LogP contribution in [0.25, 0.3) is 0 Å². The van der Waals surface area contributed by atoms with Gasteiger partial charge in [0.05, 0.1) is 17.0 Å². The third-order valence-corrected chi connectivity index (χ3v) is 8.19. The van der Waals surface area contributed by atoms with E-state index < -0.39 is 27.9 Å². The molecule has 8 nitrogen and oxygen atoms in total. The normalized spacial score (nSPS) is 16.0. The molecule has 1 aliphatic heterocycles. The number of nitrogens with zero attached hydrogens (tertiary/aromatic N) is 2. The molecule has 3 aromatic rings. The lowest BCUT2D eigenvalue weighted by atomic mass is 10.1. The smallest absolute Gasteiger partial charge is 0.252 e. The summed E-state index contributed by atoms with van der Waals surface area (Å²) in [7, 11) is -4.13. The van der Waals surface area contributed by atoms with Gasteiger partial charge in [-0.3, -0.25) is 14.4 Å². The van der Waals surface area contributed by atoms with Crippen LogP contribution in [0.15, 0.2) is 82.2 Å². The van der Waals surface area contributed by atoms with Gasteiger partial charge in [-0.2, -0.15) is 4.31 Å². The second-order valence-electron chi connectivity index (χ2n) is 8.51. The fourth-order valence-corrected chi connectivity index (χ4v) is 5.82. The van der Waals surface area contributed by atoms with E-state index in [1.807, 2.05) is 19.1 Å². The van der Waals surface area contributed by atoms with E-state index in [9.17, 15) is 22.8 Å². The average molecular weight is 570 g/mol. The Labute approximate surface area is 218 Å². The number of nitrogens with one attached hydrogen (secondary N) is 1. The molecular weight excluding hydrogens is 546 g/mol. The average Bonchev–Trinajstić information content (AvgIpc) is 3.12. The van der Waals surface area contributed by atoms with E-state index in [1.165, 1.54) is 31.2 Å². The number of rotatable bonds is 7. The Morgan fingerprint density at radius 3 is 2.19 bits per heavy atom. The molecule has 1 atom stereocenters. The largest absolute Gasteiger partial charge is 0.326 e. The van der Waals surface area contributed by atoms with Crippen LogP contribution in [0.3, 0.4) is 0 Å². The lowest BCUT2D eigenvalue weighted by Crippen LogP contribution is -2.45. The monoisotopic (exact) mass is 569 g/mol. The summed E-state index contributed by atoms with van der Waals surface area (Å²) in [5, 5.41) is 2.63. The summed E-state index contributed by atoms with van der Waals surface area (Å²) in [6.45, 7) is 3.23. The fraction of sp³-hybridized carbons (Fsp3) is 0.192. The van der Waals surface area contributed by atoms with Crippen molar-refractivity contribution >= 4 is 55.0 Å². The number of sulfonamides is 1. The van der Waals surface area contributed by atoms with Gasteiger partial charge in [0.15, 0.2) is 0 Å². The van der Waals surface area contributed by atoms with Crippen molar-refractivity contribution in [2.75, 3.05) is 10.2 Å². The van der Waals surface area contributed by atoms with Gasteiger partial charge in [0.1, 0.15) is 6.04 Å². The highest BCUT2D eigenvalue weighted by atomic mass is 79.9. The molecule has 1 aliphatic rings. The highest BCUT2D eigenvalue weighted by Gasteiger charge is 2.47. The topological polar surface area (TPSA) is 104 Å². The molecule has 0 saturated carbocycles. The third-order valence-electron chi connectivity index (χ3n) is 5.80. The second-order valence-corrected chi connectivity index (χ2v) is 11.3. The lowest BCUT2D eigenvalue weighted by molar-refractivity contribution is -0.122. The van der Waals surface area contributed by atoms with E-state index in [0.29, 0.717) is 21.4 Å². The van der Waals surface area contributed by atoms with E-state index in [-0.39, 0.29) is 23.8 Å². The summed E-state index contributed by atoms with van der Waals surface area (Å²) in [6, 6.07) is 18.5. The number of hydrogen-bond donors (Lipinski definition) is 1. The molecule has 1 unspecified atom stereocenters. The van der Waals surface area contributed by atoms with Gasteiger partial charge in [0.25, 0.3) is 5.91 Å². The summed E-state index contributed by atoms with van der Waals surface area (Å²) in [5.41, 5.74) is 2.53. The number of aryl methyl sites for hydroxylation is 1. The van der Waals surface area contributed by atoms with Crippen LogP contribution < -0.4 is 10.2 Å². The molecular formula is C26H24BrN3O5S. The van der Waals surface area contributed by atoms with Gasteiger partial charge in [0.2, 0.25) is 21.8 Å². The van der Waals surface area contributed by atoms with Crippen molar-refractivity contribution in [1.82, 2.24) is 4.31 Å². The van der Waals surface area contributed by atoms with Crippen LogP contribution in [0.5, 0.6) is 0 Å². The predicted octanol–water partition coefficient (Wildman–Crippen LogP) is 4.24. The molecule has 1 N–H and O–H groups in total. The number of carbonyl (C=O) groups is 3. The van der Waals surface area contributed by atoms with Gasteiger partial charge in [-0.1, -0.05) is 45.8 Å². The van der Waals surface area contributed by atoms with Crippen molar-refractivity contribution in [3.63, 3.8) is 0 Å². The molecule has 0 aliphatic carbocycles. The van der Waals surface area contributed by atoms with E-state index >= 15 is 0 Å². The van der Waals surface area contributed by atoms with E-state index in [2.05, 4.69) is 21.2 Å². The highest BCUT2D eigenvalue weighted by molar-refractivity contribution is 9.10. The first-order valence-corrected chi connectivity index (χ1v) is 13.4. The van der Waals surface area contributed by atoms with Gasteiger partial charge >= 0.3 is 0 Å². The molecule has 1 heterocycles. The SMILES string of the molecule is CC(=O)Nc1ccc(N2C(=O)CC(N(Cc3ccc(C)cc3)S(=O)(=O)c3ccc(Br)cc3)C2=O)cc1. The minimum Gasteiger partial charge on any atom is -0.326 e. The van der Waals surface area contributed by atoms with E-state index in [0.717, 1.165) is 14.8 Å². The Kier molecular flexibility index (Phi) is 7.39. The first-order valence-electron chi connectivity index (χ1n) is 11.1. The molecule has 1 fully saturated rings. The van der Waals surface area contributed by atoms with Crippen LogP contribution in [0.4, 0.5) is 11.4 Å². The molecule has 1 saturated heterocycles. The summed E-state index contributed by atoms with van der Waals surface area (Å²) in [4.78, 5) is 38.8. The van der Waals surface area contributed by atoms with Crippen molar-refractivity contribution in [2.45, 2.75) is 37.8 Å². The Morgan fingerprint density at radius 1 is 1.00 bits per heavy atom. The van der Waals surface area contributed by atoms with E-state index in [1.54, 1.807) is 36.4 Å². The number of carbonyl (C=O) groups excluding carboxylic acids is 3. The van der Waals surface area contributed by atoms with Gasteiger partial charge in [-0.25, -0.2) is 13.3 Å². The number of anilines is 2. The summed E-state index contributed by atoms with van der Waals surface area (Å²) in [5.74, 6) is -1.38. The van der Waals surface area contributed by atoms with Crippen molar-refractivity contribution in [1.29, 1.82) is 0 Å². The fourth-order valence-electron chi connectivity index (χ4n) is 3.99. The summed E-state index contributed by atoms with van der Waals surface area (Å²) in [6.07, 6.45) is -0.284. The van der Waals surface area contributed by atoms with Crippen molar-refractivity contribution in [3.8, 4) is 0 Å².